The lowest BCUT2D eigenvalue weighted by molar-refractivity contribution is -0.123. The van der Waals surface area contributed by atoms with Crippen LogP contribution in [0.2, 0.25) is 0 Å². The number of ketones is 1. The van der Waals surface area contributed by atoms with Crippen LogP contribution >= 0.6 is 0 Å². The third-order valence-electron chi connectivity index (χ3n) is 2.54. The maximum Gasteiger partial charge on any atom is 0.225 e. The zero-order chi connectivity index (χ0) is 13.2. The quantitative estimate of drug-likeness (QED) is 0.730. The Balaban J connectivity index is 2.01. The number of aliphatic imine (C=N–C) groups is 2. The number of aromatic nitrogens is 3. The molecule has 4 N–H and O–H groups in total. The molecule has 0 radical (unpaired) electrons. The maximum absolute atomic E-state index is 11.9. The molecule has 0 saturated heterocycles. The van der Waals surface area contributed by atoms with E-state index >= 15 is 0 Å². The van der Waals surface area contributed by atoms with Crippen molar-refractivity contribution in [3.8, 4) is 0 Å². The summed E-state index contributed by atoms with van der Waals surface area (Å²) in [6.45, 7) is 1.66. The number of Topliss-reactive ketones (excluding diaryl/α,β-unsaturated/α-hetero) is 1. The monoisotopic (exact) mass is 247 g/mol. The number of carbonyl (C=O) groups excluding carboxylic acids is 1. The summed E-state index contributed by atoms with van der Waals surface area (Å²) in [6.07, 6.45) is 3.57. The van der Waals surface area contributed by atoms with E-state index in [-0.39, 0.29) is 24.1 Å². The van der Waals surface area contributed by atoms with Gasteiger partial charge in [-0.15, -0.1) is 0 Å². The molecule has 2 heterocycles. The van der Waals surface area contributed by atoms with E-state index in [1.807, 2.05) is 0 Å². The van der Waals surface area contributed by atoms with Crippen LogP contribution < -0.4 is 11.5 Å². The first-order chi connectivity index (χ1) is 8.49. The standard InChI is InChI=1S/C10H13N7O/c1-10(13-4-5-14-10)6(18)2-3-7-15-8(11)17-9(12)16-7/h4-5H,2-3H2,1H3,(H4,11,12,15,16,17). The largest absolute Gasteiger partial charge is 0.368 e. The van der Waals surface area contributed by atoms with Gasteiger partial charge in [-0.05, 0) is 6.92 Å². The lowest BCUT2D eigenvalue weighted by atomic mass is 10.0. The van der Waals surface area contributed by atoms with Crippen LogP contribution in [0.15, 0.2) is 9.98 Å². The lowest BCUT2D eigenvalue weighted by Crippen LogP contribution is -2.29. The second-order valence-electron chi connectivity index (χ2n) is 3.97. The van der Waals surface area contributed by atoms with E-state index in [1.54, 1.807) is 6.92 Å². The molecule has 1 aliphatic heterocycles. The Kier molecular flexibility index (Phi) is 3.00. The predicted molar refractivity (Wildman–Crippen MR) is 67.4 cm³/mol. The average molecular weight is 247 g/mol. The molecule has 0 saturated carbocycles. The van der Waals surface area contributed by atoms with Gasteiger partial charge in [-0.2, -0.15) is 15.0 Å². The first-order valence-electron chi connectivity index (χ1n) is 5.38. The van der Waals surface area contributed by atoms with E-state index in [4.69, 9.17) is 11.5 Å². The summed E-state index contributed by atoms with van der Waals surface area (Å²) in [7, 11) is 0. The molecule has 0 atom stereocenters. The fourth-order valence-corrected chi connectivity index (χ4v) is 1.57. The number of hydrogen-bond acceptors (Lipinski definition) is 8. The Morgan fingerprint density at radius 3 is 2.28 bits per heavy atom. The van der Waals surface area contributed by atoms with Gasteiger partial charge in [-0.1, -0.05) is 0 Å². The van der Waals surface area contributed by atoms with Gasteiger partial charge in [0, 0.05) is 25.3 Å². The highest BCUT2D eigenvalue weighted by atomic mass is 16.1. The zero-order valence-corrected chi connectivity index (χ0v) is 9.87. The fraction of sp³-hybridized carbons (Fsp3) is 0.400. The molecule has 0 aliphatic carbocycles. The second kappa shape index (κ2) is 4.47. The van der Waals surface area contributed by atoms with Gasteiger partial charge in [0.25, 0.3) is 0 Å². The first kappa shape index (κ1) is 12.1. The minimum absolute atomic E-state index is 0.0491. The van der Waals surface area contributed by atoms with Crippen molar-refractivity contribution < 1.29 is 4.79 Å². The van der Waals surface area contributed by atoms with Crippen molar-refractivity contribution >= 4 is 30.1 Å². The van der Waals surface area contributed by atoms with Crippen molar-refractivity contribution in [2.45, 2.75) is 25.4 Å². The molecule has 8 heteroatoms. The van der Waals surface area contributed by atoms with Gasteiger partial charge in [0.05, 0.1) is 0 Å². The number of nitrogens with zero attached hydrogens (tertiary/aromatic N) is 5. The summed E-state index contributed by atoms with van der Waals surface area (Å²) in [6, 6.07) is 0. The number of nitrogen functional groups attached to an aromatic ring is 2. The van der Waals surface area contributed by atoms with E-state index in [1.165, 1.54) is 12.4 Å². The van der Waals surface area contributed by atoms with E-state index in [0.29, 0.717) is 12.2 Å². The highest BCUT2D eigenvalue weighted by Gasteiger charge is 2.31. The van der Waals surface area contributed by atoms with Crippen LogP contribution in [0, 0.1) is 0 Å². The minimum atomic E-state index is -1.01. The highest BCUT2D eigenvalue weighted by Crippen LogP contribution is 2.18. The van der Waals surface area contributed by atoms with Gasteiger partial charge < -0.3 is 11.5 Å². The van der Waals surface area contributed by atoms with Crippen LogP contribution in [0.25, 0.3) is 0 Å². The SMILES string of the molecule is CC1(C(=O)CCc2nc(N)nc(N)n2)N=CC=N1. The molecule has 1 aromatic rings. The van der Waals surface area contributed by atoms with Crippen LogP contribution in [0.3, 0.4) is 0 Å². The molecule has 94 valence electrons. The van der Waals surface area contributed by atoms with Crippen molar-refractivity contribution in [3.63, 3.8) is 0 Å². The molecule has 18 heavy (non-hydrogen) atoms. The molecule has 1 aliphatic rings. The van der Waals surface area contributed by atoms with Crippen LogP contribution in [-0.4, -0.2) is 38.8 Å². The first-order valence-corrected chi connectivity index (χ1v) is 5.38. The number of anilines is 2. The van der Waals surface area contributed by atoms with Gasteiger partial charge in [-0.25, -0.2) is 0 Å². The van der Waals surface area contributed by atoms with E-state index < -0.39 is 5.66 Å². The molecule has 0 amide bonds. The van der Waals surface area contributed by atoms with Crippen molar-refractivity contribution in [2.75, 3.05) is 11.5 Å². The third kappa shape index (κ3) is 2.47. The van der Waals surface area contributed by atoms with E-state index in [2.05, 4.69) is 24.9 Å². The van der Waals surface area contributed by atoms with Crippen molar-refractivity contribution in [1.29, 1.82) is 0 Å². The van der Waals surface area contributed by atoms with Gasteiger partial charge in [-0.3, -0.25) is 14.8 Å². The molecule has 2 rings (SSSR count). The van der Waals surface area contributed by atoms with Crippen LogP contribution in [0.4, 0.5) is 11.9 Å². The minimum Gasteiger partial charge on any atom is -0.368 e. The summed E-state index contributed by atoms with van der Waals surface area (Å²) < 4.78 is 0. The predicted octanol–water partition coefficient (Wildman–Crippen LogP) is -0.591. The summed E-state index contributed by atoms with van der Waals surface area (Å²) in [5.41, 5.74) is 9.87. The number of carbonyl (C=O) groups is 1. The summed E-state index contributed by atoms with van der Waals surface area (Å²) in [5, 5.41) is 0. The summed E-state index contributed by atoms with van der Waals surface area (Å²) in [5.74, 6) is 0.383. The Hall–Kier alpha value is -2.38. The Morgan fingerprint density at radius 1 is 1.17 bits per heavy atom. The zero-order valence-electron chi connectivity index (χ0n) is 9.87. The Labute approximate surface area is 103 Å². The van der Waals surface area contributed by atoms with Crippen molar-refractivity contribution in [2.24, 2.45) is 9.98 Å². The molecule has 0 unspecified atom stereocenters. The van der Waals surface area contributed by atoms with E-state index in [9.17, 15) is 4.79 Å². The molecule has 0 aromatic carbocycles. The number of hydrogen-bond donors (Lipinski definition) is 2. The number of nitrogens with two attached hydrogens (primary N) is 2. The van der Waals surface area contributed by atoms with E-state index in [0.717, 1.165) is 0 Å². The lowest BCUT2D eigenvalue weighted by Gasteiger charge is -2.15. The van der Waals surface area contributed by atoms with Crippen LogP contribution in [-0.2, 0) is 11.2 Å². The fourth-order valence-electron chi connectivity index (χ4n) is 1.57. The molecule has 0 spiro atoms. The smallest absolute Gasteiger partial charge is 0.225 e. The molecular weight excluding hydrogens is 234 g/mol. The molecular formula is C10H13N7O. The van der Waals surface area contributed by atoms with Gasteiger partial charge >= 0.3 is 0 Å². The molecule has 8 nitrogen and oxygen atoms in total. The normalized spacial score (nSPS) is 16.1. The van der Waals surface area contributed by atoms with Crippen molar-refractivity contribution in [1.82, 2.24) is 15.0 Å². The van der Waals surface area contributed by atoms with Gasteiger partial charge in [0.2, 0.25) is 17.6 Å². The second-order valence-corrected chi connectivity index (χ2v) is 3.97. The number of rotatable bonds is 4. The molecule has 0 bridgehead atoms. The average Bonchev–Trinajstić information content (AvgIpc) is 2.73. The van der Waals surface area contributed by atoms with Crippen LogP contribution in [0.5, 0.6) is 0 Å². The topological polar surface area (TPSA) is 132 Å². The summed E-state index contributed by atoms with van der Waals surface area (Å²) >= 11 is 0. The Morgan fingerprint density at radius 2 is 1.72 bits per heavy atom. The molecule has 0 fully saturated rings. The summed E-state index contributed by atoms with van der Waals surface area (Å²) in [4.78, 5) is 31.4. The third-order valence-corrected chi connectivity index (χ3v) is 2.54. The number of aryl methyl sites for hydroxylation is 1. The van der Waals surface area contributed by atoms with Gasteiger partial charge in [0.1, 0.15) is 5.82 Å². The van der Waals surface area contributed by atoms with Gasteiger partial charge in [0.15, 0.2) is 5.78 Å². The molecule has 1 aromatic heterocycles. The Bertz CT molecular complexity index is 505. The van der Waals surface area contributed by atoms with Crippen molar-refractivity contribution in [3.05, 3.63) is 5.82 Å². The van der Waals surface area contributed by atoms with Crippen LogP contribution in [0.1, 0.15) is 19.2 Å². The highest BCUT2D eigenvalue weighted by molar-refractivity contribution is 6.19. The maximum atomic E-state index is 11.9.